The van der Waals surface area contributed by atoms with Crippen molar-refractivity contribution in [3.63, 3.8) is 0 Å². The van der Waals surface area contributed by atoms with E-state index in [1.807, 2.05) is 28.9 Å². The number of aryl methyl sites for hydroxylation is 1. The summed E-state index contributed by atoms with van der Waals surface area (Å²) in [5.41, 5.74) is 4.75. The number of rotatable bonds is 7. The van der Waals surface area contributed by atoms with Gasteiger partial charge in [-0.05, 0) is 18.6 Å². The van der Waals surface area contributed by atoms with Gasteiger partial charge in [-0.1, -0.05) is 19.1 Å². The van der Waals surface area contributed by atoms with Crippen molar-refractivity contribution in [2.45, 2.75) is 25.9 Å². The lowest BCUT2D eigenvalue weighted by molar-refractivity contribution is 0.348. The molecule has 0 fully saturated rings. The molecule has 0 saturated carbocycles. The molecule has 1 unspecified atom stereocenters. The molecule has 2 aromatic rings. The fourth-order valence-electron chi connectivity index (χ4n) is 2.46. The molecule has 1 atom stereocenters. The molecule has 0 amide bonds. The third-order valence-corrected chi connectivity index (χ3v) is 3.39. The van der Waals surface area contributed by atoms with Crippen LogP contribution in [-0.4, -0.2) is 24.0 Å². The zero-order valence-electron chi connectivity index (χ0n) is 12.7. The van der Waals surface area contributed by atoms with Crippen LogP contribution >= 0.6 is 0 Å². The number of benzene rings is 1. The minimum absolute atomic E-state index is 0.218. The van der Waals surface area contributed by atoms with Crippen molar-refractivity contribution >= 4 is 0 Å². The van der Waals surface area contributed by atoms with Crippen LogP contribution < -0.4 is 20.7 Å². The Morgan fingerprint density at radius 2 is 2.10 bits per heavy atom. The number of nitrogens with one attached hydrogen (secondary N) is 1. The Kier molecular flexibility index (Phi) is 5.19. The molecule has 0 spiro atoms. The van der Waals surface area contributed by atoms with E-state index in [1.54, 1.807) is 20.4 Å². The highest BCUT2D eigenvalue weighted by Gasteiger charge is 2.22. The minimum atomic E-state index is -0.218. The minimum Gasteiger partial charge on any atom is -0.493 e. The Hall–Kier alpha value is -2.05. The summed E-state index contributed by atoms with van der Waals surface area (Å²) < 4.78 is 12.8. The third-order valence-electron chi connectivity index (χ3n) is 3.39. The van der Waals surface area contributed by atoms with E-state index >= 15 is 0 Å². The fraction of sp³-hybridized carbons (Fsp3) is 0.400. The SMILES string of the molecule is CCCn1nccc1C(NN)c1cccc(OC)c1OC. The Morgan fingerprint density at radius 1 is 1.29 bits per heavy atom. The van der Waals surface area contributed by atoms with Gasteiger partial charge in [0.25, 0.3) is 0 Å². The smallest absolute Gasteiger partial charge is 0.165 e. The molecule has 3 N–H and O–H groups in total. The summed E-state index contributed by atoms with van der Waals surface area (Å²) in [5.74, 6) is 7.14. The topological polar surface area (TPSA) is 74.3 Å². The molecule has 0 bridgehead atoms. The second-order valence-corrected chi connectivity index (χ2v) is 4.66. The van der Waals surface area contributed by atoms with Gasteiger partial charge in [-0.25, -0.2) is 5.43 Å². The first-order valence-corrected chi connectivity index (χ1v) is 6.95. The van der Waals surface area contributed by atoms with Crippen molar-refractivity contribution in [2.24, 2.45) is 5.84 Å². The van der Waals surface area contributed by atoms with E-state index < -0.39 is 0 Å². The van der Waals surface area contributed by atoms with E-state index in [-0.39, 0.29) is 6.04 Å². The molecule has 0 aliphatic heterocycles. The Balaban J connectivity index is 2.48. The summed E-state index contributed by atoms with van der Waals surface area (Å²) in [7, 11) is 3.24. The van der Waals surface area contributed by atoms with Crippen molar-refractivity contribution in [1.82, 2.24) is 15.2 Å². The number of methoxy groups -OCH3 is 2. The Labute approximate surface area is 124 Å². The number of aromatic nitrogens is 2. The van der Waals surface area contributed by atoms with E-state index in [0.717, 1.165) is 24.2 Å². The van der Waals surface area contributed by atoms with Crippen molar-refractivity contribution in [2.75, 3.05) is 14.2 Å². The summed E-state index contributed by atoms with van der Waals surface area (Å²) in [6, 6.07) is 7.49. The first kappa shape index (κ1) is 15.3. The van der Waals surface area contributed by atoms with Crippen LogP contribution in [0, 0.1) is 0 Å². The van der Waals surface area contributed by atoms with Gasteiger partial charge in [0.15, 0.2) is 11.5 Å². The van der Waals surface area contributed by atoms with Gasteiger partial charge in [0.1, 0.15) is 0 Å². The van der Waals surface area contributed by atoms with Crippen molar-refractivity contribution in [3.05, 3.63) is 41.7 Å². The molecule has 2 rings (SSSR count). The van der Waals surface area contributed by atoms with Crippen LogP contribution in [0.15, 0.2) is 30.5 Å². The van der Waals surface area contributed by atoms with E-state index in [0.29, 0.717) is 11.5 Å². The highest BCUT2D eigenvalue weighted by Crippen LogP contribution is 2.36. The zero-order chi connectivity index (χ0) is 15.2. The molecule has 21 heavy (non-hydrogen) atoms. The van der Waals surface area contributed by atoms with Crippen LogP contribution in [0.5, 0.6) is 11.5 Å². The Morgan fingerprint density at radius 3 is 2.71 bits per heavy atom. The number of nitrogens with zero attached hydrogens (tertiary/aromatic N) is 2. The van der Waals surface area contributed by atoms with Crippen LogP contribution in [0.1, 0.15) is 30.6 Å². The van der Waals surface area contributed by atoms with Crippen LogP contribution in [0.25, 0.3) is 0 Å². The maximum Gasteiger partial charge on any atom is 0.165 e. The van der Waals surface area contributed by atoms with Gasteiger partial charge < -0.3 is 9.47 Å². The largest absolute Gasteiger partial charge is 0.493 e. The van der Waals surface area contributed by atoms with Crippen LogP contribution in [0.4, 0.5) is 0 Å². The molecule has 114 valence electrons. The number of ether oxygens (including phenoxy) is 2. The second-order valence-electron chi connectivity index (χ2n) is 4.66. The summed E-state index contributed by atoms with van der Waals surface area (Å²) in [4.78, 5) is 0. The monoisotopic (exact) mass is 290 g/mol. The van der Waals surface area contributed by atoms with Crippen molar-refractivity contribution < 1.29 is 9.47 Å². The molecule has 1 aromatic carbocycles. The fourth-order valence-corrected chi connectivity index (χ4v) is 2.46. The van der Waals surface area contributed by atoms with Gasteiger partial charge in [-0.2, -0.15) is 5.10 Å². The molecule has 0 radical (unpaired) electrons. The number of hydrogen-bond donors (Lipinski definition) is 2. The summed E-state index contributed by atoms with van der Waals surface area (Å²) in [6.07, 6.45) is 2.78. The van der Waals surface area contributed by atoms with Gasteiger partial charge in [0.05, 0.1) is 26.0 Å². The molecule has 0 aliphatic carbocycles. The summed E-state index contributed by atoms with van der Waals surface area (Å²) in [6.45, 7) is 2.95. The standard InChI is InChI=1S/C15H22N4O2/c1-4-10-19-12(8-9-17-19)14(18-16)11-6-5-7-13(20-2)15(11)21-3/h5-9,14,18H,4,10,16H2,1-3H3. The summed E-state index contributed by atoms with van der Waals surface area (Å²) >= 11 is 0. The van der Waals surface area contributed by atoms with Gasteiger partial charge >= 0.3 is 0 Å². The number of nitrogens with two attached hydrogens (primary N) is 1. The maximum absolute atomic E-state index is 5.79. The first-order chi connectivity index (χ1) is 10.3. The maximum atomic E-state index is 5.79. The number of hydrogen-bond acceptors (Lipinski definition) is 5. The predicted molar refractivity (Wildman–Crippen MR) is 81.2 cm³/mol. The van der Waals surface area contributed by atoms with Gasteiger partial charge in [0, 0.05) is 18.3 Å². The Bertz CT molecular complexity index is 583. The van der Waals surface area contributed by atoms with E-state index in [4.69, 9.17) is 15.3 Å². The lowest BCUT2D eigenvalue weighted by Crippen LogP contribution is -2.31. The first-order valence-electron chi connectivity index (χ1n) is 6.95. The quantitative estimate of drug-likeness (QED) is 0.601. The number of hydrazine groups is 1. The average molecular weight is 290 g/mol. The molecule has 1 heterocycles. The van der Waals surface area contributed by atoms with E-state index in [1.165, 1.54) is 0 Å². The lowest BCUT2D eigenvalue weighted by atomic mass is 10.0. The second kappa shape index (κ2) is 7.10. The van der Waals surface area contributed by atoms with Gasteiger partial charge in [-0.15, -0.1) is 0 Å². The molecular formula is C15H22N4O2. The molecular weight excluding hydrogens is 268 g/mol. The highest BCUT2D eigenvalue weighted by atomic mass is 16.5. The molecule has 0 saturated heterocycles. The molecule has 0 aliphatic rings. The van der Waals surface area contributed by atoms with E-state index in [9.17, 15) is 0 Å². The van der Waals surface area contributed by atoms with Crippen LogP contribution in [0.3, 0.4) is 0 Å². The lowest BCUT2D eigenvalue weighted by Gasteiger charge is -2.21. The zero-order valence-corrected chi connectivity index (χ0v) is 12.7. The van der Waals surface area contributed by atoms with Gasteiger partial charge in [0.2, 0.25) is 0 Å². The average Bonchev–Trinajstić information content (AvgIpc) is 2.96. The number of para-hydroxylation sites is 1. The molecule has 6 heteroatoms. The van der Waals surface area contributed by atoms with Crippen LogP contribution in [0.2, 0.25) is 0 Å². The predicted octanol–water partition coefficient (Wildman–Crippen LogP) is 1.86. The highest BCUT2D eigenvalue weighted by molar-refractivity contribution is 5.50. The van der Waals surface area contributed by atoms with E-state index in [2.05, 4.69) is 17.4 Å². The van der Waals surface area contributed by atoms with Crippen molar-refractivity contribution in [3.8, 4) is 11.5 Å². The normalized spacial score (nSPS) is 12.2. The van der Waals surface area contributed by atoms with Gasteiger partial charge in [-0.3, -0.25) is 10.5 Å². The third kappa shape index (κ3) is 3.01. The molecule has 1 aromatic heterocycles. The van der Waals surface area contributed by atoms with Crippen LogP contribution in [-0.2, 0) is 6.54 Å². The van der Waals surface area contributed by atoms with Crippen molar-refractivity contribution in [1.29, 1.82) is 0 Å². The summed E-state index contributed by atoms with van der Waals surface area (Å²) in [5, 5.41) is 4.35. The molecule has 6 nitrogen and oxygen atoms in total.